The van der Waals surface area contributed by atoms with Crippen LogP contribution in [0.1, 0.15) is 219 Å². The molecule has 0 aliphatic carbocycles. The SMILES string of the molecule is CC/C=C\C/C=C\C/C=C\C/C=C\C/C=C\CCCCCCCC(=O)OC(COCCCCCCCCCCCCC/C=C\C/C=C\C/C=C\CCCCCCC)COC1OC(COC2OC(CO)C(O)C(O)C2O)C(O)C(O)C1O. The first-order valence-electron chi connectivity index (χ1n) is 31.8. The van der Waals surface area contributed by atoms with Crippen molar-refractivity contribution in [1.29, 1.82) is 0 Å². The van der Waals surface area contributed by atoms with Crippen LogP contribution in [-0.4, -0.2) is 142 Å². The fourth-order valence-corrected chi connectivity index (χ4v) is 9.50. The molecule has 11 unspecified atom stereocenters. The van der Waals surface area contributed by atoms with E-state index in [4.69, 9.17) is 28.4 Å². The van der Waals surface area contributed by atoms with Crippen LogP contribution < -0.4 is 0 Å². The predicted molar refractivity (Wildman–Crippen MR) is 325 cm³/mol. The van der Waals surface area contributed by atoms with Crippen LogP contribution in [0.5, 0.6) is 0 Å². The molecule has 2 aliphatic heterocycles. The molecule has 14 heteroatoms. The van der Waals surface area contributed by atoms with E-state index in [9.17, 15) is 40.5 Å². The number of rotatable bonds is 51. The van der Waals surface area contributed by atoms with Gasteiger partial charge in [-0.2, -0.15) is 0 Å². The molecule has 0 amide bonds. The van der Waals surface area contributed by atoms with Crippen molar-refractivity contribution in [2.75, 3.05) is 33.0 Å². The van der Waals surface area contributed by atoms with Crippen molar-refractivity contribution in [2.45, 2.75) is 287 Å². The minimum absolute atomic E-state index is 0.0459. The Hall–Kier alpha value is -3.09. The summed E-state index contributed by atoms with van der Waals surface area (Å²) in [6, 6.07) is 0. The molecule has 0 bridgehead atoms. The largest absolute Gasteiger partial charge is 0.457 e. The third kappa shape index (κ3) is 38.5. The monoisotopic (exact) mass is 1140 g/mol. The Labute approximate surface area is 490 Å². The van der Waals surface area contributed by atoms with Gasteiger partial charge in [-0.05, 0) is 96.3 Å². The summed E-state index contributed by atoms with van der Waals surface area (Å²) < 4.78 is 34.4. The molecule has 2 aliphatic rings. The second kappa shape index (κ2) is 52.5. The number of hydrogen-bond donors (Lipinski definition) is 7. The Kier molecular flexibility index (Phi) is 47.9. The summed E-state index contributed by atoms with van der Waals surface area (Å²) >= 11 is 0. The maximum absolute atomic E-state index is 13.1. The molecule has 2 rings (SSSR count). The third-order valence-electron chi connectivity index (χ3n) is 14.6. The molecule has 0 aromatic heterocycles. The van der Waals surface area contributed by atoms with E-state index < -0.39 is 86.7 Å². The molecule has 11 atom stereocenters. The highest BCUT2D eigenvalue weighted by Gasteiger charge is 2.47. The van der Waals surface area contributed by atoms with Crippen molar-refractivity contribution < 1.29 is 69.0 Å². The predicted octanol–water partition coefficient (Wildman–Crippen LogP) is 12.5. The number of esters is 1. The Morgan fingerprint density at radius 2 is 0.802 bits per heavy atom. The maximum atomic E-state index is 13.1. The van der Waals surface area contributed by atoms with Crippen LogP contribution in [0.4, 0.5) is 0 Å². The fourth-order valence-electron chi connectivity index (χ4n) is 9.50. The number of unbranched alkanes of at least 4 members (excludes halogenated alkanes) is 21. The van der Waals surface area contributed by atoms with Gasteiger partial charge in [-0.25, -0.2) is 0 Å². The number of ether oxygens (including phenoxy) is 6. The molecule has 0 aromatic rings. The van der Waals surface area contributed by atoms with Crippen molar-refractivity contribution in [1.82, 2.24) is 0 Å². The molecule has 0 spiro atoms. The summed E-state index contributed by atoms with van der Waals surface area (Å²) in [5, 5.41) is 72.5. The van der Waals surface area contributed by atoms with E-state index in [1.807, 2.05) is 0 Å². The molecule has 0 saturated carbocycles. The summed E-state index contributed by atoms with van der Waals surface area (Å²) in [7, 11) is 0. The van der Waals surface area contributed by atoms with E-state index in [1.165, 1.54) is 89.9 Å². The van der Waals surface area contributed by atoms with Crippen molar-refractivity contribution in [3.8, 4) is 0 Å². The van der Waals surface area contributed by atoms with Crippen LogP contribution in [0, 0.1) is 0 Å². The summed E-state index contributed by atoms with van der Waals surface area (Å²) in [5.74, 6) is -0.397. The van der Waals surface area contributed by atoms with Crippen LogP contribution in [0.2, 0.25) is 0 Å². The summed E-state index contributed by atoms with van der Waals surface area (Å²) in [6.07, 6.45) is 54.6. The standard InChI is InChI=1S/C67H114O14/c1-3-5-7-9-11-13-15-17-19-21-23-25-26-27-28-29-31-33-35-37-39-41-43-45-47-49-51-76-53-56(54-77-66-65(75)63(73)61(71)58(81-66)55-78-67-64(74)62(72)60(70)57(52-68)80-67)79-59(69)50-48-46-44-42-40-38-36-34-32-30-24-22-20-18-16-14-12-10-8-6-4-2/h6,8,12,14-15,17-18,20-21,23-24,26-27,30,34,36,56-58,60-68,70-75H,3-5,7,9-11,13,16,19,22,25,28-29,31-33,35,37-55H2,1-2H3/b8-6-,14-12-,17-15-,20-18-,23-21-,27-26-,30-24-,36-34-. The van der Waals surface area contributed by atoms with Crippen LogP contribution in [0.25, 0.3) is 0 Å². The minimum atomic E-state index is -1.72. The van der Waals surface area contributed by atoms with Crippen molar-refractivity contribution in [2.24, 2.45) is 0 Å². The highest BCUT2D eigenvalue weighted by molar-refractivity contribution is 5.69. The molecule has 2 heterocycles. The quantitative estimate of drug-likeness (QED) is 0.0172. The van der Waals surface area contributed by atoms with Crippen molar-refractivity contribution >= 4 is 5.97 Å². The van der Waals surface area contributed by atoms with Gasteiger partial charge in [0, 0.05) is 13.0 Å². The normalized spacial score (nSPS) is 24.4. The third-order valence-corrected chi connectivity index (χ3v) is 14.6. The fraction of sp³-hybridized carbons (Fsp3) is 0.746. The lowest BCUT2D eigenvalue weighted by Gasteiger charge is -2.42. The highest BCUT2D eigenvalue weighted by atomic mass is 16.7. The summed E-state index contributed by atoms with van der Waals surface area (Å²) in [6.45, 7) is 3.53. The van der Waals surface area contributed by atoms with Crippen LogP contribution >= 0.6 is 0 Å². The Morgan fingerprint density at radius 1 is 0.420 bits per heavy atom. The second-order valence-corrected chi connectivity index (χ2v) is 21.8. The Bertz CT molecular complexity index is 1710. The zero-order valence-corrected chi connectivity index (χ0v) is 50.2. The second-order valence-electron chi connectivity index (χ2n) is 21.8. The van der Waals surface area contributed by atoms with Gasteiger partial charge in [0.1, 0.15) is 54.9 Å². The summed E-state index contributed by atoms with van der Waals surface area (Å²) in [5.41, 5.74) is 0. The lowest BCUT2D eigenvalue weighted by Crippen LogP contribution is -2.61. The van der Waals surface area contributed by atoms with E-state index in [0.29, 0.717) is 13.0 Å². The lowest BCUT2D eigenvalue weighted by atomic mass is 9.98. The van der Waals surface area contributed by atoms with Crippen LogP contribution in [0.3, 0.4) is 0 Å². The number of aliphatic hydroxyl groups is 7. The van der Waals surface area contributed by atoms with Crippen LogP contribution in [0.15, 0.2) is 97.2 Å². The molecule has 0 aromatic carbocycles. The lowest BCUT2D eigenvalue weighted by molar-refractivity contribution is -0.332. The van der Waals surface area contributed by atoms with Crippen LogP contribution in [-0.2, 0) is 33.2 Å². The number of hydrogen-bond acceptors (Lipinski definition) is 14. The summed E-state index contributed by atoms with van der Waals surface area (Å²) in [4.78, 5) is 13.1. The zero-order chi connectivity index (χ0) is 58.6. The average Bonchev–Trinajstić information content (AvgIpc) is 3.46. The topological polar surface area (TPSA) is 214 Å². The average molecular weight is 1140 g/mol. The Morgan fingerprint density at radius 3 is 1.26 bits per heavy atom. The highest BCUT2D eigenvalue weighted by Crippen LogP contribution is 2.27. The number of carbonyl (C=O) groups is 1. The van der Waals surface area contributed by atoms with E-state index in [-0.39, 0.29) is 19.6 Å². The van der Waals surface area contributed by atoms with Crippen molar-refractivity contribution in [3.05, 3.63) is 97.2 Å². The smallest absolute Gasteiger partial charge is 0.306 e. The van der Waals surface area contributed by atoms with Crippen molar-refractivity contribution in [3.63, 3.8) is 0 Å². The van der Waals surface area contributed by atoms with Gasteiger partial charge < -0.3 is 64.2 Å². The molecular weight excluding hydrogens is 1030 g/mol. The first-order valence-corrected chi connectivity index (χ1v) is 31.8. The number of allylic oxidation sites excluding steroid dienone is 16. The molecule has 2 fully saturated rings. The van der Waals surface area contributed by atoms with Gasteiger partial charge in [0.2, 0.25) is 0 Å². The number of aliphatic hydroxyl groups excluding tert-OH is 7. The van der Waals surface area contributed by atoms with Gasteiger partial charge in [0.25, 0.3) is 0 Å². The maximum Gasteiger partial charge on any atom is 0.306 e. The van der Waals surface area contributed by atoms with E-state index >= 15 is 0 Å². The van der Waals surface area contributed by atoms with E-state index in [1.54, 1.807) is 0 Å². The molecule has 0 radical (unpaired) electrons. The molecule has 7 N–H and O–H groups in total. The molecular formula is C67H114O14. The molecule has 14 nitrogen and oxygen atoms in total. The molecule has 2 saturated heterocycles. The van der Waals surface area contributed by atoms with Gasteiger partial charge in [0.05, 0.1) is 26.4 Å². The zero-order valence-electron chi connectivity index (χ0n) is 50.2. The first kappa shape index (κ1) is 74.0. The minimum Gasteiger partial charge on any atom is -0.457 e. The van der Waals surface area contributed by atoms with E-state index in [2.05, 4.69) is 111 Å². The molecule has 81 heavy (non-hydrogen) atoms. The van der Waals surface area contributed by atoms with E-state index in [0.717, 1.165) is 103 Å². The van der Waals surface area contributed by atoms with Gasteiger partial charge in [0.15, 0.2) is 12.6 Å². The first-order chi connectivity index (χ1) is 39.6. The van der Waals surface area contributed by atoms with Gasteiger partial charge in [-0.3, -0.25) is 4.79 Å². The van der Waals surface area contributed by atoms with Gasteiger partial charge in [-0.15, -0.1) is 0 Å². The van der Waals surface area contributed by atoms with Gasteiger partial charge in [-0.1, -0.05) is 214 Å². The molecule has 466 valence electrons. The van der Waals surface area contributed by atoms with Gasteiger partial charge >= 0.3 is 5.97 Å². The number of carbonyl (C=O) groups excluding carboxylic acids is 1. The Balaban J connectivity index is 1.69.